The Morgan fingerprint density at radius 2 is 2.03 bits per heavy atom. The number of guanidine groups is 1. The number of benzene rings is 1. The van der Waals surface area contributed by atoms with Crippen LogP contribution in [0.5, 0.6) is 0 Å². The minimum atomic E-state index is -0.330. The number of aliphatic imine (C=N–C) groups is 1. The van der Waals surface area contributed by atoms with Crippen LogP contribution in [0.3, 0.4) is 0 Å². The van der Waals surface area contributed by atoms with Gasteiger partial charge in [0.25, 0.3) is 0 Å². The second-order valence-electron chi connectivity index (χ2n) is 6.68. The molecule has 1 heterocycles. The van der Waals surface area contributed by atoms with Crippen molar-refractivity contribution in [1.29, 1.82) is 0 Å². The molecular formula is C21H30FIN4OS. The standard InChI is InChI=1S/C21H29FN4OS.HI/c1-4-23-21(26-15(2)12-19-9-8-16(3)28-19)25-11-10-24-20(27)14-17-6-5-7-18(22)13-17;/h5-9,13,15H,4,10-12,14H2,1-3H3,(H,24,27)(H2,23,25,26);1H. The summed E-state index contributed by atoms with van der Waals surface area (Å²) in [6.45, 7) is 7.93. The molecule has 0 bridgehead atoms. The van der Waals surface area contributed by atoms with Crippen LogP contribution in [0.4, 0.5) is 4.39 Å². The molecule has 29 heavy (non-hydrogen) atoms. The van der Waals surface area contributed by atoms with Crippen LogP contribution < -0.4 is 16.0 Å². The van der Waals surface area contributed by atoms with E-state index >= 15 is 0 Å². The predicted molar refractivity (Wildman–Crippen MR) is 130 cm³/mol. The summed E-state index contributed by atoms with van der Waals surface area (Å²) in [5.41, 5.74) is 0.661. The Kier molecular flexibility index (Phi) is 11.8. The smallest absolute Gasteiger partial charge is 0.224 e. The van der Waals surface area contributed by atoms with Gasteiger partial charge < -0.3 is 16.0 Å². The average Bonchev–Trinajstić information content (AvgIpc) is 3.03. The number of halogens is 2. The average molecular weight is 532 g/mol. The Morgan fingerprint density at radius 1 is 1.24 bits per heavy atom. The number of rotatable bonds is 9. The van der Waals surface area contributed by atoms with Crippen LogP contribution in [-0.4, -0.2) is 37.5 Å². The number of hydrogen-bond acceptors (Lipinski definition) is 3. The molecule has 0 saturated heterocycles. The third-order valence-corrected chi connectivity index (χ3v) is 5.01. The van der Waals surface area contributed by atoms with Crippen molar-refractivity contribution in [2.45, 2.75) is 39.7 Å². The topological polar surface area (TPSA) is 65.5 Å². The summed E-state index contributed by atoms with van der Waals surface area (Å²) in [7, 11) is 0. The summed E-state index contributed by atoms with van der Waals surface area (Å²) >= 11 is 1.81. The number of hydrogen-bond donors (Lipinski definition) is 3. The molecule has 160 valence electrons. The van der Waals surface area contributed by atoms with E-state index in [4.69, 9.17) is 0 Å². The summed E-state index contributed by atoms with van der Waals surface area (Å²) in [4.78, 5) is 19.1. The van der Waals surface area contributed by atoms with Gasteiger partial charge in [-0.15, -0.1) is 35.3 Å². The minimum Gasteiger partial charge on any atom is -0.357 e. The number of nitrogens with one attached hydrogen (secondary N) is 3. The first kappa shape index (κ1) is 25.4. The van der Waals surface area contributed by atoms with Crippen LogP contribution in [0, 0.1) is 12.7 Å². The fourth-order valence-electron chi connectivity index (χ4n) is 2.76. The van der Waals surface area contributed by atoms with E-state index in [9.17, 15) is 9.18 Å². The quantitative estimate of drug-likeness (QED) is 0.200. The van der Waals surface area contributed by atoms with E-state index in [2.05, 4.69) is 46.9 Å². The molecule has 1 aromatic heterocycles. The summed E-state index contributed by atoms with van der Waals surface area (Å²) < 4.78 is 13.2. The van der Waals surface area contributed by atoms with Crippen LogP contribution in [-0.2, 0) is 17.6 Å². The second kappa shape index (κ2) is 13.5. The van der Waals surface area contributed by atoms with E-state index in [1.807, 2.05) is 18.3 Å². The molecule has 0 saturated carbocycles. The van der Waals surface area contributed by atoms with Gasteiger partial charge in [0.15, 0.2) is 5.96 Å². The lowest BCUT2D eigenvalue weighted by molar-refractivity contribution is -0.120. The van der Waals surface area contributed by atoms with E-state index in [-0.39, 0.29) is 48.2 Å². The van der Waals surface area contributed by atoms with Gasteiger partial charge in [-0.05, 0) is 50.6 Å². The van der Waals surface area contributed by atoms with Gasteiger partial charge in [0.2, 0.25) is 5.91 Å². The molecule has 0 aliphatic carbocycles. The zero-order valence-corrected chi connectivity index (χ0v) is 20.3. The number of carbonyl (C=O) groups is 1. The minimum absolute atomic E-state index is 0. The molecule has 1 amide bonds. The van der Waals surface area contributed by atoms with Gasteiger partial charge in [0.1, 0.15) is 5.82 Å². The lowest BCUT2D eigenvalue weighted by Crippen LogP contribution is -2.43. The molecule has 8 heteroatoms. The molecule has 0 fully saturated rings. The fourth-order valence-corrected chi connectivity index (χ4v) is 3.78. The van der Waals surface area contributed by atoms with Gasteiger partial charge in [0, 0.05) is 35.3 Å². The van der Waals surface area contributed by atoms with Crippen molar-refractivity contribution in [3.63, 3.8) is 0 Å². The number of amides is 1. The van der Waals surface area contributed by atoms with Crippen molar-refractivity contribution in [1.82, 2.24) is 16.0 Å². The van der Waals surface area contributed by atoms with Gasteiger partial charge in [-0.3, -0.25) is 9.79 Å². The van der Waals surface area contributed by atoms with Crippen LogP contribution in [0.25, 0.3) is 0 Å². The van der Waals surface area contributed by atoms with Crippen molar-refractivity contribution in [3.05, 3.63) is 57.5 Å². The summed E-state index contributed by atoms with van der Waals surface area (Å²) in [6, 6.07) is 10.6. The van der Waals surface area contributed by atoms with E-state index < -0.39 is 0 Å². The highest BCUT2D eigenvalue weighted by Crippen LogP contribution is 2.16. The third kappa shape index (κ3) is 10.1. The van der Waals surface area contributed by atoms with Crippen molar-refractivity contribution in [3.8, 4) is 0 Å². The van der Waals surface area contributed by atoms with Crippen molar-refractivity contribution in [2.24, 2.45) is 4.99 Å². The Morgan fingerprint density at radius 3 is 2.69 bits per heavy atom. The molecule has 2 rings (SSSR count). The third-order valence-electron chi connectivity index (χ3n) is 3.99. The Labute approximate surface area is 193 Å². The van der Waals surface area contributed by atoms with Crippen LogP contribution in [0.15, 0.2) is 41.4 Å². The number of thiophene rings is 1. The summed E-state index contributed by atoms with van der Waals surface area (Å²) in [5.74, 6) is 0.269. The summed E-state index contributed by atoms with van der Waals surface area (Å²) in [5, 5.41) is 9.45. The molecular weight excluding hydrogens is 502 g/mol. The van der Waals surface area contributed by atoms with Gasteiger partial charge in [-0.2, -0.15) is 0 Å². The summed E-state index contributed by atoms with van der Waals surface area (Å²) in [6.07, 6.45) is 1.10. The Hall–Kier alpha value is -1.68. The zero-order chi connectivity index (χ0) is 20.4. The molecule has 0 spiro atoms. The highest BCUT2D eigenvalue weighted by molar-refractivity contribution is 14.0. The van der Waals surface area contributed by atoms with Crippen molar-refractivity contribution in [2.75, 3.05) is 19.6 Å². The molecule has 0 radical (unpaired) electrons. The molecule has 2 aromatic rings. The van der Waals surface area contributed by atoms with E-state index in [0.29, 0.717) is 18.7 Å². The number of carbonyl (C=O) groups excluding carboxylic acids is 1. The first-order valence-electron chi connectivity index (χ1n) is 9.57. The molecule has 1 atom stereocenters. The zero-order valence-electron chi connectivity index (χ0n) is 17.1. The molecule has 1 aromatic carbocycles. The van der Waals surface area contributed by atoms with Crippen molar-refractivity contribution < 1.29 is 9.18 Å². The maximum absolute atomic E-state index is 13.2. The number of nitrogens with zero attached hydrogens (tertiary/aromatic N) is 1. The largest absolute Gasteiger partial charge is 0.357 e. The lowest BCUT2D eigenvalue weighted by Gasteiger charge is -2.17. The predicted octanol–water partition coefficient (Wildman–Crippen LogP) is 3.66. The molecule has 3 N–H and O–H groups in total. The van der Waals surface area contributed by atoms with Crippen LogP contribution >= 0.6 is 35.3 Å². The highest BCUT2D eigenvalue weighted by Gasteiger charge is 2.08. The van der Waals surface area contributed by atoms with E-state index in [1.54, 1.807) is 12.1 Å². The normalized spacial score (nSPS) is 12.1. The number of aryl methyl sites for hydroxylation is 1. The first-order valence-corrected chi connectivity index (χ1v) is 10.4. The maximum Gasteiger partial charge on any atom is 0.224 e. The maximum atomic E-state index is 13.2. The Bertz CT molecular complexity index is 796. The van der Waals surface area contributed by atoms with Crippen molar-refractivity contribution >= 4 is 47.2 Å². The SMILES string of the molecule is CCNC(=NCCNC(=O)Cc1cccc(F)c1)NC(C)Cc1ccc(C)s1.I. The van der Waals surface area contributed by atoms with E-state index in [0.717, 1.165) is 18.9 Å². The van der Waals surface area contributed by atoms with Gasteiger partial charge >= 0.3 is 0 Å². The molecule has 5 nitrogen and oxygen atoms in total. The molecule has 0 aliphatic heterocycles. The van der Waals surface area contributed by atoms with Gasteiger partial charge in [0.05, 0.1) is 13.0 Å². The monoisotopic (exact) mass is 532 g/mol. The molecule has 0 aliphatic rings. The molecule has 1 unspecified atom stereocenters. The highest BCUT2D eigenvalue weighted by atomic mass is 127. The Balaban J connectivity index is 0.00000420. The first-order chi connectivity index (χ1) is 13.5. The van der Waals surface area contributed by atoms with Gasteiger partial charge in [-0.25, -0.2) is 4.39 Å². The second-order valence-corrected chi connectivity index (χ2v) is 8.05. The van der Waals surface area contributed by atoms with E-state index in [1.165, 1.54) is 21.9 Å². The fraction of sp³-hybridized carbons (Fsp3) is 0.429. The van der Waals surface area contributed by atoms with Gasteiger partial charge in [-0.1, -0.05) is 12.1 Å². The lowest BCUT2D eigenvalue weighted by atomic mass is 10.1. The van der Waals surface area contributed by atoms with Crippen LogP contribution in [0.2, 0.25) is 0 Å². The van der Waals surface area contributed by atoms with Crippen LogP contribution in [0.1, 0.15) is 29.2 Å².